The second kappa shape index (κ2) is 5.61. The van der Waals surface area contributed by atoms with Crippen LogP contribution in [0.25, 0.3) is 0 Å². The highest BCUT2D eigenvalue weighted by Gasteiger charge is 2.23. The van der Waals surface area contributed by atoms with Gasteiger partial charge in [0.05, 0.1) is 0 Å². The molecule has 4 heteroatoms. The van der Waals surface area contributed by atoms with Crippen LogP contribution in [0.1, 0.15) is 19.4 Å². The summed E-state index contributed by atoms with van der Waals surface area (Å²) in [4.78, 5) is 2.38. The fourth-order valence-corrected chi connectivity index (χ4v) is 4.12. The molecule has 0 spiro atoms. The van der Waals surface area contributed by atoms with E-state index in [-0.39, 0.29) is 5.82 Å². The standard InChI is InChI=1S/C13H17BrFNS/c1-9-7-16(8-10(2)17-9)13-4-3-12(15)5-11(13)6-14/h3-5,9-10H,6-8H2,1-2H3. The van der Waals surface area contributed by atoms with Gasteiger partial charge in [0.15, 0.2) is 0 Å². The molecule has 2 atom stereocenters. The molecule has 1 aliphatic rings. The van der Waals surface area contributed by atoms with Crippen molar-refractivity contribution >= 4 is 33.4 Å². The third-order valence-corrected chi connectivity index (χ3v) is 4.78. The normalized spacial score (nSPS) is 25.1. The van der Waals surface area contributed by atoms with E-state index in [1.807, 2.05) is 17.8 Å². The van der Waals surface area contributed by atoms with E-state index in [0.717, 1.165) is 18.7 Å². The van der Waals surface area contributed by atoms with Crippen LogP contribution >= 0.6 is 27.7 Å². The highest BCUT2D eigenvalue weighted by Crippen LogP contribution is 2.31. The lowest BCUT2D eigenvalue weighted by Crippen LogP contribution is -2.40. The van der Waals surface area contributed by atoms with Gasteiger partial charge in [-0.25, -0.2) is 4.39 Å². The van der Waals surface area contributed by atoms with Crippen LogP contribution < -0.4 is 4.90 Å². The fraction of sp³-hybridized carbons (Fsp3) is 0.538. The van der Waals surface area contributed by atoms with Gasteiger partial charge in [-0.15, -0.1) is 0 Å². The van der Waals surface area contributed by atoms with Gasteiger partial charge in [-0.05, 0) is 23.8 Å². The molecule has 94 valence electrons. The summed E-state index contributed by atoms with van der Waals surface area (Å²) in [6, 6.07) is 5.08. The van der Waals surface area contributed by atoms with Crippen molar-refractivity contribution in [1.29, 1.82) is 0 Å². The van der Waals surface area contributed by atoms with E-state index in [1.54, 1.807) is 12.1 Å². The van der Waals surface area contributed by atoms with Crippen LogP contribution in [0, 0.1) is 5.82 Å². The Bertz CT molecular complexity index is 389. The van der Waals surface area contributed by atoms with E-state index >= 15 is 0 Å². The molecule has 0 radical (unpaired) electrons. The summed E-state index contributed by atoms with van der Waals surface area (Å²) < 4.78 is 13.2. The third kappa shape index (κ3) is 3.16. The van der Waals surface area contributed by atoms with Crippen LogP contribution in [0.4, 0.5) is 10.1 Å². The second-order valence-electron chi connectivity index (χ2n) is 4.57. The minimum Gasteiger partial charge on any atom is -0.369 e. The number of alkyl halides is 1. The van der Waals surface area contributed by atoms with Gasteiger partial charge in [-0.2, -0.15) is 11.8 Å². The Morgan fingerprint density at radius 2 is 2.00 bits per heavy atom. The van der Waals surface area contributed by atoms with Gasteiger partial charge in [-0.1, -0.05) is 29.8 Å². The summed E-state index contributed by atoms with van der Waals surface area (Å²) in [5, 5.41) is 1.96. The highest BCUT2D eigenvalue weighted by atomic mass is 79.9. The molecule has 1 aromatic rings. The monoisotopic (exact) mass is 317 g/mol. The van der Waals surface area contributed by atoms with Crippen molar-refractivity contribution in [2.45, 2.75) is 29.7 Å². The molecule has 1 aromatic carbocycles. The molecule has 2 rings (SSSR count). The van der Waals surface area contributed by atoms with Gasteiger partial charge >= 0.3 is 0 Å². The van der Waals surface area contributed by atoms with Crippen molar-refractivity contribution in [1.82, 2.24) is 0 Å². The van der Waals surface area contributed by atoms with E-state index in [9.17, 15) is 4.39 Å². The lowest BCUT2D eigenvalue weighted by Gasteiger charge is -2.37. The molecular formula is C13H17BrFNS. The number of benzene rings is 1. The van der Waals surface area contributed by atoms with Crippen LogP contribution in [0.3, 0.4) is 0 Å². The van der Waals surface area contributed by atoms with E-state index in [2.05, 4.69) is 34.7 Å². The molecule has 0 aliphatic carbocycles. The molecule has 17 heavy (non-hydrogen) atoms. The third-order valence-electron chi connectivity index (χ3n) is 2.95. The van der Waals surface area contributed by atoms with Crippen molar-refractivity contribution in [3.8, 4) is 0 Å². The zero-order chi connectivity index (χ0) is 12.4. The maximum atomic E-state index is 13.2. The molecule has 0 bridgehead atoms. The first-order valence-corrected chi connectivity index (χ1v) is 7.91. The van der Waals surface area contributed by atoms with Crippen LogP contribution in [-0.2, 0) is 5.33 Å². The van der Waals surface area contributed by atoms with E-state index in [0.29, 0.717) is 15.8 Å². The van der Waals surface area contributed by atoms with Crippen LogP contribution in [-0.4, -0.2) is 23.6 Å². The predicted octanol–water partition coefficient (Wildman–Crippen LogP) is 4.05. The van der Waals surface area contributed by atoms with Crippen LogP contribution in [0.5, 0.6) is 0 Å². The Kier molecular flexibility index (Phi) is 4.36. The largest absolute Gasteiger partial charge is 0.369 e. The van der Waals surface area contributed by atoms with Gasteiger partial charge < -0.3 is 4.90 Å². The van der Waals surface area contributed by atoms with Gasteiger partial charge in [0.2, 0.25) is 0 Å². The Balaban J connectivity index is 2.26. The quantitative estimate of drug-likeness (QED) is 0.757. The predicted molar refractivity (Wildman–Crippen MR) is 77.8 cm³/mol. The lowest BCUT2D eigenvalue weighted by molar-refractivity contribution is 0.625. The van der Waals surface area contributed by atoms with Crippen molar-refractivity contribution < 1.29 is 4.39 Å². The Morgan fingerprint density at radius 1 is 1.35 bits per heavy atom. The topological polar surface area (TPSA) is 3.24 Å². The number of hydrogen-bond acceptors (Lipinski definition) is 2. The second-order valence-corrected chi connectivity index (χ2v) is 7.01. The maximum absolute atomic E-state index is 13.2. The first kappa shape index (κ1) is 13.2. The average molecular weight is 318 g/mol. The van der Waals surface area contributed by atoms with E-state index in [1.165, 1.54) is 5.69 Å². The fourth-order valence-electron chi connectivity index (χ4n) is 2.34. The molecule has 0 amide bonds. The molecule has 1 saturated heterocycles. The Morgan fingerprint density at radius 3 is 2.59 bits per heavy atom. The molecule has 0 saturated carbocycles. The molecule has 0 N–H and O–H groups in total. The SMILES string of the molecule is CC1CN(c2ccc(F)cc2CBr)CC(C)S1. The van der Waals surface area contributed by atoms with Gasteiger partial charge in [0.1, 0.15) is 5.82 Å². The smallest absolute Gasteiger partial charge is 0.123 e. The molecule has 1 heterocycles. The summed E-state index contributed by atoms with van der Waals surface area (Å²) >= 11 is 5.47. The first-order chi connectivity index (χ1) is 8.10. The van der Waals surface area contributed by atoms with Gasteiger partial charge in [0.25, 0.3) is 0 Å². The number of anilines is 1. The number of thioether (sulfide) groups is 1. The minimum absolute atomic E-state index is 0.157. The molecule has 2 unspecified atom stereocenters. The summed E-state index contributed by atoms with van der Waals surface area (Å²) in [5.74, 6) is -0.157. The van der Waals surface area contributed by atoms with Crippen LogP contribution in [0.15, 0.2) is 18.2 Å². The molecule has 0 aromatic heterocycles. The van der Waals surface area contributed by atoms with Crippen LogP contribution in [0.2, 0.25) is 0 Å². The number of halogens is 2. The number of rotatable bonds is 2. The average Bonchev–Trinajstić information content (AvgIpc) is 2.27. The summed E-state index contributed by atoms with van der Waals surface area (Å²) in [6.07, 6.45) is 0. The minimum atomic E-state index is -0.157. The number of nitrogens with zero attached hydrogens (tertiary/aromatic N) is 1. The summed E-state index contributed by atoms with van der Waals surface area (Å²) in [6.45, 7) is 6.59. The molecule has 1 fully saturated rings. The lowest BCUT2D eigenvalue weighted by atomic mass is 10.1. The molecular weight excluding hydrogens is 301 g/mol. The van der Waals surface area contributed by atoms with Crippen molar-refractivity contribution in [2.24, 2.45) is 0 Å². The zero-order valence-electron chi connectivity index (χ0n) is 10.1. The first-order valence-electron chi connectivity index (χ1n) is 5.85. The van der Waals surface area contributed by atoms with Crippen molar-refractivity contribution in [3.63, 3.8) is 0 Å². The molecule has 1 aliphatic heterocycles. The summed E-state index contributed by atoms with van der Waals surface area (Å²) in [7, 11) is 0. The maximum Gasteiger partial charge on any atom is 0.123 e. The van der Waals surface area contributed by atoms with Gasteiger partial charge in [0, 0.05) is 34.6 Å². The van der Waals surface area contributed by atoms with Crippen molar-refractivity contribution in [3.05, 3.63) is 29.6 Å². The zero-order valence-corrected chi connectivity index (χ0v) is 12.5. The van der Waals surface area contributed by atoms with E-state index in [4.69, 9.17) is 0 Å². The number of hydrogen-bond donors (Lipinski definition) is 0. The van der Waals surface area contributed by atoms with Crippen molar-refractivity contribution in [2.75, 3.05) is 18.0 Å². The molecule has 1 nitrogen and oxygen atoms in total. The Labute approximate surface area is 115 Å². The van der Waals surface area contributed by atoms with E-state index < -0.39 is 0 Å². The summed E-state index contributed by atoms with van der Waals surface area (Å²) in [5.41, 5.74) is 2.21. The highest BCUT2D eigenvalue weighted by molar-refractivity contribution is 9.08. The Hall–Kier alpha value is -0.220. The van der Waals surface area contributed by atoms with Gasteiger partial charge in [-0.3, -0.25) is 0 Å².